The number of hydrogen-bond acceptors (Lipinski definition) is 4. The van der Waals surface area contributed by atoms with Gasteiger partial charge in [-0.1, -0.05) is 18.2 Å². The van der Waals surface area contributed by atoms with E-state index in [9.17, 15) is 9.59 Å². The van der Waals surface area contributed by atoms with E-state index in [-0.39, 0.29) is 11.8 Å². The Hall–Kier alpha value is -2.38. The topological polar surface area (TPSA) is 71.7 Å². The summed E-state index contributed by atoms with van der Waals surface area (Å²) in [5.41, 5.74) is 2.08. The first-order chi connectivity index (χ1) is 13.9. The van der Waals surface area contributed by atoms with Crippen molar-refractivity contribution in [3.63, 3.8) is 0 Å². The Morgan fingerprint density at radius 3 is 2.66 bits per heavy atom. The number of aromatic amines is 1. The van der Waals surface area contributed by atoms with E-state index in [1.54, 1.807) is 4.90 Å². The van der Waals surface area contributed by atoms with Crippen LogP contribution in [0.5, 0.6) is 0 Å². The van der Waals surface area contributed by atoms with Crippen LogP contribution < -0.4 is 5.32 Å². The van der Waals surface area contributed by atoms with Gasteiger partial charge in [-0.15, -0.1) is 0 Å². The van der Waals surface area contributed by atoms with Gasteiger partial charge in [0, 0.05) is 70.2 Å². The highest BCUT2D eigenvalue weighted by Crippen LogP contribution is 2.19. The number of nitrogens with one attached hydrogen (secondary N) is 2. The zero-order chi connectivity index (χ0) is 20.8. The highest BCUT2D eigenvalue weighted by Gasteiger charge is 2.24. The van der Waals surface area contributed by atoms with Crippen LogP contribution in [-0.4, -0.2) is 90.9 Å². The molecule has 1 unspecified atom stereocenters. The minimum Gasteiger partial charge on any atom is -0.361 e. The lowest BCUT2D eigenvalue weighted by Crippen LogP contribution is -2.49. The molecular formula is C22H33N5O2. The predicted octanol–water partition coefficient (Wildman–Crippen LogP) is 1.31. The van der Waals surface area contributed by atoms with Gasteiger partial charge in [-0.2, -0.15) is 0 Å². The smallest absolute Gasteiger partial charge is 0.245 e. The van der Waals surface area contributed by atoms with Crippen molar-refractivity contribution in [1.82, 2.24) is 25.0 Å². The first kappa shape index (κ1) is 21.3. The average molecular weight is 400 g/mol. The summed E-state index contributed by atoms with van der Waals surface area (Å²) in [6.07, 6.45) is 3.34. The Kier molecular flexibility index (Phi) is 7.28. The van der Waals surface area contributed by atoms with Crippen molar-refractivity contribution in [2.75, 3.05) is 53.4 Å². The summed E-state index contributed by atoms with van der Waals surface area (Å²) in [5.74, 6) is -0.224. The van der Waals surface area contributed by atoms with Crippen molar-refractivity contribution in [2.45, 2.75) is 25.8 Å². The van der Waals surface area contributed by atoms with Gasteiger partial charge < -0.3 is 25.0 Å². The van der Waals surface area contributed by atoms with E-state index >= 15 is 0 Å². The van der Waals surface area contributed by atoms with Gasteiger partial charge in [-0.3, -0.25) is 9.59 Å². The number of carbonyl (C=O) groups is 2. The average Bonchev–Trinajstić information content (AvgIpc) is 3.11. The van der Waals surface area contributed by atoms with Crippen molar-refractivity contribution >= 4 is 22.7 Å². The van der Waals surface area contributed by atoms with Crippen LogP contribution in [0.2, 0.25) is 0 Å². The summed E-state index contributed by atoms with van der Waals surface area (Å²) in [5, 5.41) is 3.94. The number of aromatic nitrogens is 1. The fourth-order valence-corrected chi connectivity index (χ4v) is 3.95. The maximum Gasteiger partial charge on any atom is 0.245 e. The summed E-state index contributed by atoms with van der Waals surface area (Å²) < 4.78 is 0. The zero-order valence-corrected chi connectivity index (χ0v) is 17.8. The quantitative estimate of drug-likeness (QED) is 0.702. The number of hydrogen-bond donors (Lipinski definition) is 2. The molecule has 0 bridgehead atoms. The maximum atomic E-state index is 13.0. The van der Waals surface area contributed by atoms with Crippen molar-refractivity contribution < 1.29 is 9.59 Å². The van der Waals surface area contributed by atoms with E-state index in [1.165, 1.54) is 6.92 Å². The molecular weight excluding hydrogens is 366 g/mol. The van der Waals surface area contributed by atoms with Crippen LogP contribution >= 0.6 is 0 Å². The maximum absolute atomic E-state index is 13.0. The van der Waals surface area contributed by atoms with Crippen LogP contribution in [0.25, 0.3) is 10.9 Å². The van der Waals surface area contributed by atoms with Gasteiger partial charge in [0.2, 0.25) is 11.8 Å². The summed E-state index contributed by atoms with van der Waals surface area (Å²) >= 11 is 0. The van der Waals surface area contributed by atoms with E-state index in [0.717, 1.165) is 55.6 Å². The summed E-state index contributed by atoms with van der Waals surface area (Å²) in [4.78, 5) is 34.6. The van der Waals surface area contributed by atoms with Gasteiger partial charge in [-0.25, -0.2) is 0 Å². The first-order valence-electron chi connectivity index (χ1n) is 10.4. The molecule has 3 rings (SSSR count). The fourth-order valence-electron chi connectivity index (χ4n) is 3.95. The molecule has 29 heavy (non-hydrogen) atoms. The lowest BCUT2D eigenvalue weighted by Gasteiger charge is -2.32. The number of benzene rings is 1. The molecule has 0 radical (unpaired) electrons. The normalized spacial score (nSPS) is 16.7. The number of H-pyrrole nitrogens is 1. The molecule has 0 saturated carbocycles. The molecule has 0 spiro atoms. The summed E-state index contributed by atoms with van der Waals surface area (Å²) in [7, 11) is 3.98. The molecule has 0 aliphatic carbocycles. The minimum atomic E-state index is -0.555. The fraction of sp³-hybridized carbons (Fsp3) is 0.545. The number of para-hydroxylation sites is 1. The van der Waals surface area contributed by atoms with Crippen LogP contribution in [-0.2, 0) is 16.0 Å². The van der Waals surface area contributed by atoms with Gasteiger partial charge in [0.15, 0.2) is 0 Å². The lowest BCUT2D eigenvalue weighted by atomic mass is 10.0. The van der Waals surface area contributed by atoms with Crippen molar-refractivity contribution in [3.8, 4) is 0 Å². The number of amides is 2. The highest BCUT2D eigenvalue weighted by atomic mass is 16.2. The molecule has 1 aliphatic rings. The number of carbonyl (C=O) groups excluding carboxylic acids is 2. The number of piperazine rings is 1. The highest BCUT2D eigenvalue weighted by molar-refractivity contribution is 5.89. The van der Waals surface area contributed by atoms with Gasteiger partial charge in [-0.05, 0) is 31.6 Å². The van der Waals surface area contributed by atoms with Crippen molar-refractivity contribution in [3.05, 3.63) is 36.0 Å². The summed E-state index contributed by atoms with van der Waals surface area (Å²) in [6, 6.07) is 7.46. The standard InChI is InChI=1S/C22H33N5O2/c1-17(28)24-21(15-18-16-23-20-8-5-4-7-19(18)20)22(29)26(3)9-6-10-27-13-11-25(2)12-14-27/h4-5,7-8,16,21,23H,6,9-15H2,1-3H3,(H,24,28). The van der Waals surface area contributed by atoms with Gasteiger partial charge >= 0.3 is 0 Å². The molecule has 1 fully saturated rings. The molecule has 2 heterocycles. The van der Waals surface area contributed by atoms with Crippen LogP contribution in [0, 0.1) is 0 Å². The Morgan fingerprint density at radius 1 is 1.21 bits per heavy atom. The van der Waals surface area contributed by atoms with Crippen molar-refractivity contribution in [1.29, 1.82) is 0 Å². The molecule has 1 aliphatic heterocycles. The second-order valence-electron chi connectivity index (χ2n) is 8.07. The molecule has 2 N–H and O–H groups in total. The van der Waals surface area contributed by atoms with E-state index in [0.29, 0.717) is 13.0 Å². The zero-order valence-electron chi connectivity index (χ0n) is 17.8. The number of rotatable bonds is 8. The Bertz CT molecular complexity index is 825. The van der Waals surface area contributed by atoms with Crippen LogP contribution in [0.3, 0.4) is 0 Å². The molecule has 7 heteroatoms. The third-order valence-electron chi connectivity index (χ3n) is 5.71. The monoisotopic (exact) mass is 399 g/mol. The molecule has 2 aromatic rings. The molecule has 2 amide bonds. The SMILES string of the molecule is CC(=O)NC(Cc1c[nH]c2ccccc12)C(=O)N(C)CCCN1CCN(C)CC1. The second kappa shape index (κ2) is 9.89. The molecule has 1 aromatic carbocycles. The van der Waals surface area contributed by atoms with Gasteiger partial charge in [0.25, 0.3) is 0 Å². The van der Waals surface area contributed by atoms with Gasteiger partial charge in [0.05, 0.1) is 0 Å². The molecule has 7 nitrogen and oxygen atoms in total. The van der Waals surface area contributed by atoms with Crippen molar-refractivity contribution in [2.24, 2.45) is 0 Å². The number of fused-ring (bicyclic) bond motifs is 1. The molecule has 158 valence electrons. The third kappa shape index (κ3) is 5.81. The molecule has 1 atom stereocenters. The van der Waals surface area contributed by atoms with Crippen LogP contribution in [0.1, 0.15) is 18.9 Å². The second-order valence-corrected chi connectivity index (χ2v) is 8.07. The van der Waals surface area contributed by atoms with E-state index < -0.39 is 6.04 Å². The van der Waals surface area contributed by atoms with E-state index in [2.05, 4.69) is 27.1 Å². The van der Waals surface area contributed by atoms with Gasteiger partial charge in [0.1, 0.15) is 6.04 Å². The van der Waals surface area contributed by atoms with E-state index in [4.69, 9.17) is 0 Å². The molecule has 1 saturated heterocycles. The van der Waals surface area contributed by atoms with Crippen LogP contribution in [0.15, 0.2) is 30.5 Å². The van der Waals surface area contributed by atoms with E-state index in [1.807, 2.05) is 37.5 Å². The molecule has 1 aromatic heterocycles. The number of likely N-dealkylation sites (N-methyl/N-ethyl adjacent to an activating group) is 2. The summed E-state index contributed by atoms with van der Waals surface area (Å²) in [6.45, 7) is 7.53. The Balaban J connectivity index is 1.57. The number of nitrogens with zero attached hydrogens (tertiary/aromatic N) is 3. The first-order valence-corrected chi connectivity index (χ1v) is 10.4. The minimum absolute atomic E-state index is 0.0381. The van der Waals surface area contributed by atoms with Crippen LogP contribution in [0.4, 0.5) is 0 Å². The largest absolute Gasteiger partial charge is 0.361 e. The third-order valence-corrected chi connectivity index (χ3v) is 5.71. The lowest BCUT2D eigenvalue weighted by molar-refractivity contribution is -0.135. The Labute approximate surface area is 173 Å². The predicted molar refractivity (Wildman–Crippen MR) is 116 cm³/mol. The Morgan fingerprint density at radius 2 is 1.93 bits per heavy atom.